The topological polar surface area (TPSA) is 12.0 Å². The van der Waals surface area contributed by atoms with Crippen LogP contribution in [-0.2, 0) is 0 Å². The fourth-order valence-electron chi connectivity index (χ4n) is 1.97. The molecule has 0 aliphatic carbocycles. The fraction of sp³-hybridized carbons (Fsp3) is 0.571. The van der Waals surface area contributed by atoms with Crippen LogP contribution >= 0.6 is 11.6 Å². The zero-order chi connectivity index (χ0) is 12.1. The summed E-state index contributed by atoms with van der Waals surface area (Å²) in [6, 6.07) is 8.99. The Morgan fingerprint density at radius 1 is 1.25 bits per heavy atom. The second-order valence-corrected chi connectivity index (χ2v) is 5.14. The van der Waals surface area contributed by atoms with Gasteiger partial charge in [0.1, 0.15) is 0 Å². The van der Waals surface area contributed by atoms with E-state index in [1.165, 1.54) is 5.56 Å². The summed E-state index contributed by atoms with van der Waals surface area (Å²) in [6.45, 7) is 8.93. The van der Waals surface area contributed by atoms with E-state index in [1.54, 1.807) is 0 Å². The Labute approximate surface area is 104 Å². The minimum atomic E-state index is 0.353. The molecule has 0 saturated heterocycles. The molecule has 0 bridgehead atoms. The van der Waals surface area contributed by atoms with Gasteiger partial charge >= 0.3 is 0 Å². The first-order valence-electron chi connectivity index (χ1n) is 6.06. The Balaban J connectivity index is 2.67. The molecule has 2 atom stereocenters. The molecule has 90 valence electrons. The summed E-state index contributed by atoms with van der Waals surface area (Å²) in [7, 11) is 0. The van der Waals surface area contributed by atoms with E-state index >= 15 is 0 Å². The van der Waals surface area contributed by atoms with Gasteiger partial charge in [0.25, 0.3) is 0 Å². The van der Waals surface area contributed by atoms with Gasteiger partial charge in [-0.05, 0) is 37.0 Å². The van der Waals surface area contributed by atoms with E-state index in [2.05, 4.69) is 39.1 Å². The molecule has 0 heterocycles. The van der Waals surface area contributed by atoms with Gasteiger partial charge in [-0.2, -0.15) is 0 Å². The number of hydrogen-bond donors (Lipinski definition) is 1. The first kappa shape index (κ1) is 13.5. The van der Waals surface area contributed by atoms with Crippen molar-refractivity contribution in [2.24, 2.45) is 5.92 Å². The van der Waals surface area contributed by atoms with Gasteiger partial charge < -0.3 is 5.32 Å². The summed E-state index contributed by atoms with van der Waals surface area (Å²) >= 11 is 5.99. The van der Waals surface area contributed by atoms with E-state index in [1.807, 2.05) is 18.2 Å². The van der Waals surface area contributed by atoms with Crippen molar-refractivity contribution in [1.82, 2.24) is 5.32 Å². The van der Waals surface area contributed by atoms with Gasteiger partial charge in [-0.3, -0.25) is 0 Å². The summed E-state index contributed by atoms with van der Waals surface area (Å²) < 4.78 is 0. The molecule has 1 N–H and O–H groups in total. The number of nitrogens with one attached hydrogen (secondary N) is 1. The predicted molar refractivity (Wildman–Crippen MR) is 71.9 cm³/mol. The Bertz CT molecular complexity index is 322. The molecule has 0 radical (unpaired) electrons. The van der Waals surface area contributed by atoms with E-state index in [4.69, 9.17) is 11.6 Å². The minimum Gasteiger partial charge on any atom is -0.307 e. The van der Waals surface area contributed by atoms with Crippen LogP contribution < -0.4 is 5.32 Å². The van der Waals surface area contributed by atoms with E-state index in [-0.39, 0.29) is 0 Å². The maximum atomic E-state index is 5.99. The van der Waals surface area contributed by atoms with Crippen molar-refractivity contribution in [2.75, 3.05) is 0 Å². The largest absolute Gasteiger partial charge is 0.307 e. The third kappa shape index (κ3) is 3.80. The van der Waals surface area contributed by atoms with Crippen molar-refractivity contribution in [3.8, 4) is 0 Å². The number of benzene rings is 1. The maximum Gasteiger partial charge on any atom is 0.0409 e. The second kappa shape index (κ2) is 6.27. The maximum absolute atomic E-state index is 5.99. The molecule has 2 heteroatoms. The molecule has 1 nitrogen and oxygen atoms in total. The lowest BCUT2D eigenvalue weighted by Crippen LogP contribution is -2.35. The van der Waals surface area contributed by atoms with Crippen molar-refractivity contribution in [3.63, 3.8) is 0 Å². The molecule has 1 rings (SSSR count). The van der Waals surface area contributed by atoms with Crippen LogP contribution in [0.2, 0.25) is 5.02 Å². The van der Waals surface area contributed by atoms with Gasteiger partial charge in [-0.1, -0.05) is 44.5 Å². The van der Waals surface area contributed by atoms with E-state index in [9.17, 15) is 0 Å². The molecule has 1 aromatic carbocycles. The van der Waals surface area contributed by atoms with Crippen LogP contribution in [0.3, 0.4) is 0 Å². The Morgan fingerprint density at radius 2 is 1.94 bits per heavy atom. The summed E-state index contributed by atoms with van der Waals surface area (Å²) in [5, 5.41) is 4.46. The Kier molecular flexibility index (Phi) is 5.30. The van der Waals surface area contributed by atoms with Crippen LogP contribution in [0.4, 0.5) is 0 Å². The van der Waals surface area contributed by atoms with Crippen molar-refractivity contribution in [1.29, 1.82) is 0 Å². The van der Waals surface area contributed by atoms with Gasteiger partial charge in [0, 0.05) is 17.1 Å². The van der Waals surface area contributed by atoms with Crippen LogP contribution in [0.15, 0.2) is 24.3 Å². The number of hydrogen-bond acceptors (Lipinski definition) is 1. The third-order valence-corrected chi connectivity index (χ3v) is 3.29. The standard InChI is InChI=1S/C14H22ClN/c1-5-14(10(2)3)16-11(4)12-7-6-8-13(15)9-12/h6-11,14,16H,5H2,1-4H3/t11-,14?/m1/s1. The molecule has 0 fully saturated rings. The zero-order valence-corrected chi connectivity index (χ0v) is 11.4. The molecule has 1 unspecified atom stereocenters. The molecule has 0 amide bonds. The highest BCUT2D eigenvalue weighted by molar-refractivity contribution is 6.30. The lowest BCUT2D eigenvalue weighted by Gasteiger charge is -2.25. The molecule has 0 aliphatic heterocycles. The van der Waals surface area contributed by atoms with Crippen LogP contribution in [-0.4, -0.2) is 6.04 Å². The van der Waals surface area contributed by atoms with Crippen LogP contribution in [0.25, 0.3) is 0 Å². The molecular weight excluding hydrogens is 218 g/mol. The van der Waals surface area contributed by atoms with Gasteiger partial charge in [0.05, 0.1) is 0 Å². The quantitative estimate of drug-likeness (QED) is 0.802. The van der Waals surface area contributed by atoms with Crippen LogP contribution in [0.5, 0.6) is 0 Å². The van der Waals surface area contributed by atoms with Crippen molar-refractivity contribution >= 4 is 11.6 Å². The highest BCUT2D eigenvalue weighted by Gasteiger charge is 2.14. The summed E-state index contributed by atoms with van der Waals surface area (Å²) in [5.74, 6) is 0.659. The highest BCUT2D eigenvalue weighted by atomic mass is 35.5. The van der Waals surface area contributed by atoms with Crippen molar-refractivity contribution in [2.45, 2.75) is 46.2 Å². The average Bonchev–Trinajstić information content (AvgIpc) is 2.25. The Morgan fingerprint density at radius 3 is 2.44 bits per heavy atom. The number of halogens is 1. The van der Waals surface area contributed by atoms with Gasteiger partial charge in [0.15, 0.2) is 0 Å². The molecule has 0 aromatic heterocycles. The zero-order valence-electron chi connectivity index (χ0n) is 10.6. The summed E-state index contributed by atoms with van der Waals surface area (Å²) in [6.07, 6.45) is 1.16. The number of rotatable bonds is 5. The predicted octanol–water partition coefficient (Wildman–Crippen LogP) is 4.43. The second-order valence-electron chi connectivity index (χ2n) is 4.70. The van der Waals surface area contributed by atoms with Crippen molar-refractivity contribution < 1.29 is 0 Å². The lowest BCUT2D eigenvalue weighted by atomic mass is 9.99. The fourth-order valence-corrected chi connectivity index (χ4v) is 2.17. The molecule has 0 aliphatic rings. The summed E-state index contributed by atoms with van der Waals surface area (Å²) in [5.41, 5.74) is 1.26. The average molecular weight is 240 g/mol. The third-order valence-electron chi connectivity index (χ3n) is 3.06. The lowest BCUT2D eigenvalue weighted by molar-refractivity contribution is 0.356. The SMILES string of the molecule is CCC(N[C@H](C)c1cccc(Cl)c1)C(C)C. The first-order valence-corrected chi connectivity index (χ1v) is 6.44. The van der Waals surface area contributed by atoms with E-state index in [0.717, 1.165) is 11.4 Å². The molecular formula is C14H22ClN. The first-order chi connectivity index (χ1) is 7.54. The Hall–Kier alpha value is -0.530. The highest BCUT2D eigenvalue weighted by Crippen LogP contribution is 2.19. The van der Waals surface area contributed by atoms with Crippen LogP contribution in [0, 0.1) is 5.92 Å². The smallest absolute Gasteiger partial charge is 0.0409 e. The van der Waals surface area contributed by atoms with E-state index < -0.39 is 0 Å². The minimum absolute atomic E-state index is 0.353. The molecule has 0 spiro atoms. The monoisotopic (exact) mass is 239 g/mol. The molecule has 0 saturated carbocycles. The van der Waals surface area contributed by atoms with Crippen LogP contribution in [0.1, 0.15) is 45.7 Å². The molecule has 1 aromatic rings. The van der Waals surface area contributed by atoms with Gasteiger partial charge in [-0.25, -0.2) is 0 Å². The van der Waals surface area contributed by atoms with Gasteiger partial charge in [0.2, 0.25) is 0 Å². The normalized spacial score (nSPS) is 15.1. The van der Waals surface area contributed by atoms with Crippen molar-refractivity contribution in [3.05, 3.63) is 34.9 Å². The van der Waals surface area contributed by atoms with Gasteiger partial charge in [-0.15, -0.1) is 0 Å². The molecule has 16 heavy (non-hydrogen) atoms. The van der Waals surface area contributed by atoms with E-state index in [0.29, 0.717) is 18.0 Å². The summed E-state index contributed by atoms with van der Waals surface area (Å²) in [4.78, 5) is 0.